The van der Waals surface area contributed by atoms with E-state index >= 15 is 0 Å². The van der Waals surface area contributed by atoms with Gasteiger partial charge >= 0.3 is 0 Å². The molecule has 1 heterocycles. The number of aromatic nitrogens is 1. The van der Waals surface area contributed by atoms with Crippen molar-refractivity contribution in [1.29, 1.82) is 0 Å². The van der Waals surface area contributed by atoms with Crippen LogP contribution < -0.4 is 5.32 Å². The van der Waals surface area contributed by atoms with E-state index in [0.717, 1.165) is 18.7 Å². The van der Waals surface area contributed by atoms with Crippen LogP contribution in [0.1, 0.15) is 26.0 Å². The van der Waals surface area contributed by atoms with Crippen molar-refractivity contribution in [2.45, 2.75) is 26.8 Å². The minimum absolute atomic E-state index is 0.0380. The average Bonchev–Trinajstić information content (AvgIpc) is 2.70. The van der Waals surface area contributed by atoms with Crippen LogP contribution in [0, 0.1) is 5.41 Å². The van der Waals surface area contributed by atoms with Gasteiger partial charge in [0.1, 0.15) is 6.26 Å². The third kappa shape index (κ3) is 3.12. The molecule has 1 atom stereocenters. The van der Waals surface area contributed by atoms with Gasteiger partial charge in [0.15, 0.2) is 0 Å². The van der Waals surface area contributed by atoms with E-state index < -0.39 is 0 Å². The Morgan fingerprint density at radius 2 is 2.43 bits per heavy atom. The maximum absolute atomic E-state index is 9.17. The molecule has 2 N–H and O–H groups in total. The number of aliphatic hydroxyl groups excluding tert-OH is 1. The van der Waals surface area contributed by atoms with Crippen molar-refractivity contribution in [3.05, 3.63) is 18.0 Å². The van der Waals surface area contributed by atoms with Crippen LogP contribution in [0.3, 0.4) is 0 Å². The van der Waals surface area contributed by atoms with E-state index in [-0.39, 0.29) is 12.0 Å². The minimum atomic E-state index is -0.0380. The van der Waals surface area contributed by atoms with Gasteiger partial charge < -0.3 is 14.9 Å². The Morgan fingerprint density at radius 1 is 1.64 bits per heavy atom. The largest absolute Gasteiger partial charge is 0.396 e. The topological polar surface area (TPSA) is 58.3 Å². The van der Waals surface area contributed by atoms with Gasteiger partial charge in [-0.15, -0.1) is 0 Å². The number of rotatable bonds is 6. The van der Waals surface area contributed by atoms with Crippen LogP contribution in [-0.4, -0.2) is 23.4 Å². The summed E-state index contributed by atoms with van der Waals surface area (Å²) in [5, 5.41) is 16.2. The SMILES string of the molecule is CCC(C)(CO)CNCc1ccon1. The quantitative estimate of drug-likeness (QED) is 0.720. The molecule has 14 heavy (non-hydrogen) atoms. The van der Waals surface area contributed by atoms with Crippen LogP contribution in [0.15, 0.2) is 16.9 Å². The second-order valence-electron chi connectivity index (χ2n) is 3.92. The lowest BCUT2D eigenvalue weighted by atomic mass is 9.89. The van der Waals surface area contributed by atoms with E-state index in [1.54, 1.807) is 6.26 Å². The number of aliphatic hydroxyl groups is 1. The van der Waals surface area contributed by atoms with Crippen molar-refractivity contribution in [2.24, 2.45) is 5.41 Å². The summed E-state index contributed by atoms with van der Waals surface area (Å²) in [5.74, 6) is 0. The lowest BCUT2D eigenvalue weighted by Gasteiger charge is -2.25. The number of hydrogen-bond donors (Lipinski definition) is 2. The number of nitrogens with one attached hydrogen (secondary N) is 1. The molecular weight excluding hydrogens is 180 g/mol. The monoisotopic (exact) mass is 198 g/mol. The fourth-order valence-electron chi connectivity index (χ4n) is 1.11. The van der Waals surface area contributed by atoms with E-state index in [9.17, 15) is 0 Å². The van der Waals surface area contributed by atoms with E-state index in [1.165, 1.54) is 0 Å². The maximum Gasteiger partial charge on any atom is 0.124 e. The smallest absolute Gasteiger partial charge is 0.124 e. The van der Waals surface area contributed by atoms with E-state index in [2.05, 4.69) is 24.3 Å². The zero-order chi connectivity index (χ0) is 10.4. The van der Waals surface area contributed by atoms with Crippen molar-refractivity contribution in [3.8, 4) is 0 Å². The molecule has 0 aliphatic heterocycles. The molecular formula is C10H18N2O2. The van der Waals surface area contributed by atoms with Crippen molar-refractivity contribution in [3.63, 3.8) is 0 Å². The van der Waals surface area contributed by atoms with Gasteiger partial charge in [0, 0.05) is 31.2 Å². The summed E-state index contributed by atoms with van der Waals surface area (Å²) < 4.78 is 4.71. The first-order chi connectivity index (χ1) is 6.70. The van der Waals surface area contributed by atoms with Crippen LogP contribution in [0.5, 0.6) is 0 Å². The predicted molar refractivity (Wildman–Crippen MR) is 53.7 cm³/mol. The Morgan fingerprint density at radius 3 is 2.93 bits per heavy atom. The van der Waals surface area contributed by atoms with Gasteiger partial charge in [-0.2, -0.15) is 0 Å². The van der Waals surface area contributed by atoms with E-state index in [4.69, 9.17) is 9.63 Å². The zero-order valence-corrected chi connectivity index (χ0v) is 8.79. The molecule has 0 spiro atoms. The third-order valence-corrected chi connectivity index (χ3v) is 2.58. The van der Waals surface area contributed by atoms with Gasteiger partial charge in [-0.3, -0.25) is 0 Å². The lowest BCUT2D eigenvalue weighted by Crippen LogP contribution is -2.34. The lowest BCUT2D eigenvalue weighted by molar-refractivity contribution is 0.135. The van der Waals surface area contributed by atoms with Gasteiger partial charge in [0.2, 0.25) is 0 Å². The summed E-state index contributed by atoms with van der Waals surface area (Å²) in [6.45, 7) is 5.81. The van der Waals surface area contributed by atoms with Crippen LogP contribution in [0.4, 0.5) is 0 Å². The molecule has 0 radical (unpaired) electrons. The second-order valence-corrected chi connectivity index (χ2v) is 3.92. The summed E-state index contributed by atoms with van der Waals surface area (Å²) in [4.78, 5) is 0. The molecule has 0 bridgehead atoms. The third-order valence-electron chi connectivity index (χ3n) is 2.58. The summed E-state index contributed by atoms with van der Waals surface area (Å²) in [6.07, 6.45) is 2.51. The average molecular weight is 198 g/mol. The molecule has 0 saturated heterocycles. The highest BCUT2D eigenvalue weighted by Gasteiger charge is 2.20. The summed E-state index contributed by atoms with van der Waals surface area (Å²) in [5.41, 5.74) is 0.852. The Hall–Kier alpha value is -0.870. The van der Waals surface area contributed by atoms with Gasteiger partial charge in [-0.05, 0) is 6.42 Å². The molecule has 1 unspecified atom stereocenters. The molecule has 0 aliphatic carbocycles. The van der Waals surface area contributed by atoms with Gasteiger partial charge in [0.25, 0.3) is 0 Å². The molecule has 4 nitrogen and oxygen atoms in total. The Labute approximate surface area is 84.3 Å². The molecule has 1 aromatic heterocycles. The maximum atomic E-state index is 9.17. The fourth-order valence-corrected chi connectivity index (χ4v) is 1.11. The van der Waals surface area contributed by atoms with Crippen LogP contribution in [0.2, 0.25) is 0 Å². The molecule has 0 aliphatic rings. The van der Waals surface area contributed by atoms with Crippen molar-refractivity contribution in [2.75, 3.05) is 13.2 Å². The summed E-state index contributed by atoms with van der Waals surface area (Å²) >= 11 is 0. The molecule has 1 aromatic rings. The summed E-state index contributed by atoms with van der Waals surface area (Å²) in [6, 6.07) is 1.83. The van der Waals surface area contributed by atoms with Gasteiger partial charge in [0.05, 0.1) is 5.69 Å². The van der Waals surface area contributed by atoms with E-state index in [1.807, 2.05) is 6.07 Å². The molecule has 0 amide bonds. The first-order valence-electron chi connectivity index (χ1n) is 4.91. The Balaban J connectivity index is 2.27. The highest BCUT2D eigenvalue weighted by Crippen LogP contribution is 2.18. The Kier molecular flexibility index (Phi) is 4.10. The standard InChI is InChI=1S/C10H18N2O2/c1-3-10(2,8-13)7-11-6-9-4-5-14-12-9/h4-5,11,13H,3,6-8H2,1-2H3. The van der Waals surface area contributed by atoms with Crippen molar-refractivity contribution in [1.82, 2.24) is 10.5 Å². The Bertz CT molecular complexity index is 243. The zero-order valence-electron chi connectivity index (χ0n) is 8.79. The summed E-state index contributed by atoms with van der Waals surface area (Å²) in [7, 11) is 0. The van der Waals surface area contributed by atoms with Crippen LogP contribution in [0.25, 0.3) is 0 Å². The molecule has 0 fully saturated rings. The van der Waals surface area contributed by atoms with Crippen molar-refractivity contribution < 1.29 is 9.63 Å². The van der Waals surface area contributed by atoms with Crippen LogP contribution >= 0.6 is 0 Å². The second kappa shape index (κ2) is 5.12. The normalized spacial score (nSPS) is 15.4. The number of hydrogen-bond acceptors (Lipinski definition) is 4. The minimum Gasteiger partial charge on any atom is -0.396 e. The molecule has 1 rings (SSSR count). The highest BCUT2D eigenvalue weighted by atomic mass is 16.5. The first kappa shape index (κ1) is 11.2. The molecule has 4 heteroatoms. The predicted octanol–water partition coefficient (Wildman–Crippen LogP) is 1.17. The first-order valence-corrected chi connectivity index (χ1v) is 4.91. The van der Waals surface area contributed by atoms with Crippen LogP contribution in [-0.2, 0) is 6.54 Å². The van der Waals surface area contributed by atoms with E-state index in [0.29, 0.717) is 6.54 Å². The number of nitrogens with zero attached hydrogens (tertiary/aromatic N) is 1. The fraction of sp³-hybridized carbons (Fsp3) is 0.700. The molecule has 80 valence electrons. The molecule has 0 saturated carbocycles. The van der Waals surface area contributed by atoms with Crippen molar-refractivity contribution >= 4 is 0 Å². The van der Waals surface area contributed by atoms with Gasteiger partial charge in [-0.1, -0.05) is 19.0 Å². The highest BCUT2D eigenvalue weighted by molar-refractivity contribution is 4.94. The molecule has 0 aromatic carbocycles. The van der Waals surface area contributed by atoms with Gasteiger partial charge in [-0.25, -0.2) is 0 Å².